The van der Waals surface area contributed by atoms with E-state index >= 15 is 0 Å². The summed E-state index contributed by atoms with van der Waals surface area (Å²) in [6.07, 6.45) is 4.07. The maximum absolute atomic E-state index is 12.3. The van der Waals surface area contributed by atoms with Crippen LogP contribution in [0.5, 0.6) is 0 Å². The number of rotatable bonds is 2. The third kappa shape index (κ3) is 2.37. The van der Waals surface area contributed by atoms with Crippen molar-refractivity contribution in [2.75, 3.05) is 0 Å². The average molecular weight is 288 g/mol. The fourth-order valence-corrected chi connectivity index (χ4v) is 3.33. The van der Waals surface area contributed by atoms with Gasteiger partial charge in [0, 0.05) is 6.04 Å². The number of imidazole rings is 1. The zero-order valence-electron chi connectivity index (χ0n) is 12.3. The van der Waals surface area contributed by atoms with E-state index in [4.69, 9.17) is 0 Å². The van der Waals surface area contributed by atoms with Gasteiger partial charge in [-0.3, -0.25) is 4.57 Å². The van der Waals surface area contributed by atoms with E-state index in [-0.39, 0.29) is 17.3 Å². The Hall–Kier alpha value is -2.04. The molecule has 0 atom stereocenters. The maximum Gasteiger partial charge on any atom is 0.337 e. The first kappa shape index (κ1) is 13.9. The van der Waals surface area contributed by atoms with E-state index in [0.717, 1.165) is 25.7 Å². The number of carbonyl (C=O) groups is 1. The zero-order chi connectivity index (χ0) is 15.2. The lowest BCUT2D eigenvalue weighted by atomic mass is 9.75. The van der Waals surface area contributed by atoms with Crippen molar-refractivity contribution in [3.8, 4) is 0 Å². The van der Waals surface area contributed by atoms with Gasteiger partial charge < -0.3 is 10.1 Å². The SMILES string of the molecule is CC1(C)CCC(n2c(=O)[nH]c3c(C(=O)O)cccc32)CC1. The predicted octanol–water partition coefficient (Wildman–Crippen LogP) is 3.17. The molecule has 2 N–H and O–H groups in total. The van der Waals surface area contributed by atoms with Gasteiger partial charge in [-0.15, -0.1) is 0 Å². The highest BCUT2D eigenvalue weighted by Crippen LogP contribution is 2.40. The van der Waals surface area contributed by atoms with Crippen LogP contribution in [0, 0.1) is 5.41 Å². The molecule has 1 aromatic carbocycles. The largest absolute Gasteiger partial charge is 0.478 e. The van der Waals surface area contributed by atoms with E-state index in [9.17, 15) is 14.7 Å². The van der Waals surface area contributed by atoms with E-state index in [1.54, 1.807) is 10.6 Å². The molecule has 0 radical (unpaired) electrons. The summed E-state index contributed by atoms with van der Waals surface area (Å²) in [7, 11) is 0. The summed E-state index contributed by atoms with van der Waals surface area (Å²) < 4.78 is 1.75. The van der Waals surface area contributed by atoms with Crippen LogP contribution in [0.1, 0.15) is 55.9 Å². The fourth-order valence-electron chi connectivity index (χ4n) is 3.33. The molecule has 1 heterocycles. The van der Waals surface area contributed by atoms with Crippen LogP contribution in [0.4, 0.5) is 0 Å². The summed E-state index contributed by atoms with van der Waals surface area (Å²) in [5.74, 6) is -1.02. The highest BCUT2D eigenvalue weighted by atomic mass is 16.4. The lowest BCUT2D eigenvalue weighted by Crippen LogP contribution is -2.28. The number of hydrogen-bond acceptors (Lipinski definition) is 2. The quantitative estimate of drug-likeness (QED) is 0.891. The van der Waals surface area contributed by atoms with Gasteiger partial charge >= 0.3 is 11.7 Å². The molecule has 0 amide bonds. The van der Waals surface area contributed by atoms with E-state index in [1.165, 1.54) is 6.07 Å². The summed E-state index contributed by atoms with van der Waals surface area (Å²) in [4.78, 5) is 26.3. The second-order valence-electron chi connectivity index (χ2n) is 6.70. The van der Waals surface area contributed by atoms with Gasteiger partial charge in [-0.05, 0) is 43.2 Å². The van der Waals surface area contributed by atoms with Crippen LogP contribution >= 0.6 is 0 Å². The molecule has 1 saturated carbocycles. The number of benzene rings is 1. The summed E-state index contributed by atoms with van der Waals surface area (Å²) >= 11 is 0. The van der Waals surface area contributed by atoms with Crippen LogP contribution in [0.3, 0.4) is 0 Å². The molecule has 5 heteroatoms. The second-order valence-corrected chi connectivity index (χ2v) is 6.70. The number of fused-ring (bicyclic) bond motifs is 1. The smallest absolute Gasteiger partial charge is 0.337 e. The van der Waals surface area contributed by atoms with Crippen molar-refractivity contribution >= 4 is 17.0 Å². The van der Waals surface area contributed by atoms with Crippen LogP contribution in [-0.4, -0.2) is 20.6 Å². The van der Waals surface area contributed by atoms with Gasteiger partial charge in [0.1, 0.15) is 0 Å². The van der Waals surface area contributed by atoms with Crippen LogP contribution < -0.4 is 5.69 Å². The van der Waals surface area contributed by atoms with Crippen molar-refractivity contribution in [1.82, 2.24) is 9.55 Å². The zero-order valence-corrected chi connectivity index (χ0v) is 12.3. The standard InChI is InChI=1S/C16H20N2O3/c1-16(2)8-6-10(7-9-16)18-12-5-3-4-11(14(19)20)13(12)17-15(18)21/h3-5,10H,6-9H2,1-2H3,(H,17,21)(H,19,20). The Morgan fingerprint density at radius 2 is 2.00 bits per heavy atom. The normalized spacial score (nSPS) is 19.0. The first-order valence-corrected chi connectivity index (χ1v) is 7.35. The Morgan fingerprint density at radius 1 is 1.33 bits per heavy atom. The molecule has 112 valence electrons. The van der Waals surface area contributed by atoms with Crippen molar-refractivity contribution in [2.24, 2.45) is 5.41 Å². The first-order chi connectivity index (χ1) is 9.89. The van der Waals surface area contributed by atoms with Crippen molar-refractivity contribution < 1.29 is 9.90 Å². The number of carboxylic acids is 1. The molecule has 21 heavy (non-hydrogen) atoms. The molecule has 0 bridgehead atoms. The van der Waals surface area contributed by atoms with Gasteiger partial charge in [0.15, 0.2) is 0 Å². The third-order valence-electron chi connectivity index (χ3n) is 4.66. The number of aromatic nitrogens is 2. The molecular formula is C16H20N2O3. The van der Waals surface area contributed by atoms with Gasteiger partial charge in [-0.1, -0.05) is 19.9 Å². The summed E-state index contributed by atoms with van der Waals surface area (Å²) in [6.45, 7) is 4.51. The molecule has 0 unspecified atom stereocenters. The minimum absolute atomic E-state index is 0.152. The number of H-pyrrole nitrogens is 1. The summed E-state index contributed by atoms with van der Waals surface area (Å²) in [5.41, 5.74) is 1.41. The number of nitrogens with zero attached hydrogens (tertiary/aromatic N) is 1. The maximum atomic E-state index is 12.3. The number of nitrogens with one attached hydrogen (secondary N) is 1. The lowest BCUT2D eigenvalue weighted by Gasteiger charge is -2.34. The van der Waals surface area contributed by atoms with Crippen molar-refractivity contribution in [3.05, 3.63) is 34.2 Å². The molecule has 2 aromatic rings. The van der Waals surface area contributed by atoms with Gasteiger partial charge in [0.05, 0.1) is 16.6 Å². The van der Waals surface area contributed by atoms with Crippen molar-refractivity contribution in [3.63, 3.8) is 0 Å². The van der Waals surface area contributed by atoms with Gasteiger partial charge in [0.25, 0.3) is 0 Å². The average Bonchev–Trinajstić information content (AvgIpc) is 2.74. The first-order valence-electron chi connectivity index (χ1n) is 7.35. The number of aromatic carboxylic acids is 1. The lowest BCUT2D eigenvalue weighted by molar-refractivity contribution is 0.0699. The molecule has 1 aromatic heterocycles. The summed E-state index contributed by atoms with van der Waals surface area (Å²) in [5, 5.41) is 9.23. The molecule has 3 rings (SSSR count). The Balaban J connectivity index is 2.08. The molecule has 0 spiro atoms. The Bertz CT molecular complexity index is 744. The van der Waals surface area contributed by atoms with Crippen LogP contribution in [0.25, 0.3) is 11.0 Å². The minimum atomic E-state index is -1.02. The minimum Gasteiger partial charge on any atom is -0.478 e. The number of para-hydroxylation sites is 1. The Kier molecular flexibility index (Phi) is 3.15. The highest BCUT2D eigenvalue weighted by molar-refractivity contribution is 6.00. The second kappa shape index (κ2) is 4.76. The van der Waals surface area contributed by atoms with E-state index in [1.807, 2.05) is 6.07 Å². The topological polar surface area (TPSA) is 75.1 Å². The molecule has 1 fully saturated rings. The molecule has 5 nitrogen and oxygen atoms in total. The molecular weight excluding hydrogens is 268 g/mol. The van der Waals surface area contributed by atoms with Gasteiger partial charge in [-0.2, -0.15) is 0 Å². The van der Waals surface area contributed by atoms with Crippen molar-refractivity contribution in [2.45, 2.75) is 45.6 Å². The number of carboxylic acid groups (broad SMARTS) is 1. The van der Waals surface area contributed by atoms with E-state index in [2.05, 4.69) is 18.8 Å². The molecule has 0 aliphatic heterocycles. The van der Waals surface area contributed by atoms with Crippen LogP contribution in [0.2, 0.25) is 0 Å². The predicted molar refractivity (Wildman–Crippen MR) is 80.8 cm³/mol. The number of hydrogen-bond donors (Lipinski definition) is 2. The van der Waals surface area contributed by atoms with Gasteiger partial charge in [-0.25, -0.2) is 9.59 Å². The Morgan fingerprint density at radius 3 is 2.62 bits per heavy atom. The number of aromatic amines is 1. The monoisotopic (exact) mass is 288 g/mol. The van der Waals surface area contributed by atoms with Crippen LogP contribution in [0.15, 0.2) is 23.0 Å². The molecule has 0 saturated heterocycles. The van der Waals surface area contributed by atoms with E-state index < -0.39 is 5.97 Å². The van der Waals surface area contributed by atoms with E-state index in [0.29, 0.717) is 16.4 Å². The third-order valence-corrected chi connectivity index (χ3v) is 4.66. The van der Waals surface area contributed by atoms with Gasteiger partial charge in [0.2, 0.25) is 0 Å². The summed E-state index contributed by atoms with van der Waals surface area (Å²) in [6, 6.07) is 5.19. The van der Waals surface area contributed by atoms with Crippen molar-refractivity contribution in [1.29, 1.82) is 0 Å². The Labute approximate surface area is 122 Å². The molecule has 1 aliphatic rings. The highest BCUT2D eigenvalue weighted by Gasteiger charge is 2.29. The van der Waals surface area contributed by atoms with Crippen LogP contribution in [-0.2, 0) is 0 Å². The molecule has 1 aliphatic carbocycles. The fraction of sp³-hybridized carbons (Fsp3) is 0.500.